The van der Waals surface area contributed by atoms with E-state index in [1.54, 1.807) is 18.2 Å². The van der Waals surface area contributed by atoms with Crippen LogP contribution in [0.1, 0.15) is 42.6 Å². The summed E-state index contributed by atoms with van der Waals surface area (Å²) in [5.41, 5.74) is 1.42. The molecule has 1 heterocycles. The second-order valence-corrected chi connectivity index (χ2v) is 5.49. The van der Waals surface area contributed by atoms with Crippen molar-refractivity contribution in [1.82, 2.24) is 4.90 Å². The normalized spacial score (nSPS) is 24.1. The lowest BCUT2D eigenvalue weighted by atomic mass is 9.94. The van der Waals surface area contributed by atoms with E-state index in [4.69, 9.17) is 0 Å². The van der Waals surface area contributed by atoms with Crippen LogP contribution in [0.2, 0.25) is 0 Å². The van der Waals surface area contributed by atoms with Crippen molar-refractivity contribution in [2.24, 2.45) is 5.92 Å². The van der Waals surface area contributed by atoms with Gasteiger partial charge in [0.25, 0.3) is 5.91 Å². The van der Waals surface area contributed by atoms with Crippen molar-refractivity contribution in [2.45, 2.75) is 39.7 Å². The second-order valence-electron chi connectivity index (χ2n) is 5.49. The number of carbonyl (C=O) groups excluding carboxylic acids is 1. The highest BCUT2D eigenvalue weighted by Gasteiger charge is 2.27. The number of carbonyl (C=O) groups is 1. The van der Waals surface area contributed by atoms with Gasteiger partial charge in [0.2, 0.25) is 0 Å². The van der Waals surface area contributed by atoms with Crippen LogP contribution in [0.4, 0.5) is 0 Å². The number of phenolic OH excluding ortho intramolecular Hbond substituents is 1. The summed E-state index contributed by atoms with van der Waals surface area (Å²) >= 11 is 0. The number of nitrogens with zero attached hydrogens (tertiary/aromatic N) is 1. The molecule has 3 heteroatoms. The van der Waals surface area contributed by atoms with E-state index in [0.29, 0.717) is 17.5 Å². The van der Waals surface area contributed by atoms with Crippen molar-refractivity contribution in [3.63, 3.8) is 0 Å². The molecule has 0 aliphatic carbocycles. The highest BCUT2D eigenvalue weighted by Crippen LogP contribution is 2.24. The van der Waals surface area contributed by atoms with Crippen molar-refractivity contribution < 1.29 is 9.90 Å². The Morgan fingerprint density at radius 1 is 1.33 bits per heavy atom. The van der Waals surface area contributed by atoms with Crippen molar-refractivity contribution in [3.8, 4) is 5.75 Å². The number of aryl methyl sites for hydroxylation is 1. The molecule has 0 aromatic heterocycles. The first-order valence-electron chi connectivity index (χ1n) is 6.59. The van der Waals surface area contributed by atoms with Crippen molar-refractivity contribution in [1.29, 1.82) is 0 Å². The topological polar surface area (TPSA) is 40.5 Å². The Labute approximate surface area is 108 Å². The van der Waals surface area contributed by atoms with Crippen molar-refractivity contribution in [3.05, 3.63) is 29.3 Å². The van der Waals surface area contributed by atoms with Crippen LogP contribution in [0, 0.1) is 12.8 Å². The Kier molecular flexibility index (Phi) is 3.60. The van der Waals surface area contributed by atoms with Crippen LogP contribution in [0.5, 0.6) is 5.75 Å². The Morgan fingerprint density at radius 3 is 2.72 bits per heavy atom. The number of hydrogen-bond acceptors (Lipinski definition) is 2. The van der Waals surface area contributed by atoms with E-state index in [-0.39, 0.29) is 11.7 Å². The van der Waals surface area contributed by atoms with E-state index in [2.05, 4.69) is 13.8 Å². The first kappa shape index (κ1) is 12.9. The monoisotopic (exact) mass is 247 g/mol. The van der Waals surface area contributed by atoms with Crippen LogP contribution in [0.3, 0.4) is 0 Å². The van der Waals surface area contributed by atoms with Gasteiger partial charge in [0.15, 0.2) is 0 Å². The molecular weight excluding hydrogens is 226 g/mol. The average Bonchev–Trinajstić information content (AvgIpc) is 2.35. The fourth-order valence-electron chi connectivity index (χ4n) is 2.53. The maximum Gasteiger partial charge on any atom is 0.254 e. The molecule has 0 spiro atoms. The lowest BCUT2D eigenvalue weighted by molar-refractivity contribution is 0.0574. The highest BCUT2D eigenvalue weighted by atomic mass is 16.3. The molecule has 1 N–H and O–H groups in total. The van der Waals surface area contributed by atoms with Crippen LogP contribution < -0.4 is 0 Å². The van der Waals surface area contributed by atoms with Crippen molar-refractivity contribution >= 4 is 5.91 Å². The maximum absolute atomic E-state index is 12.5. The quantitative estimate of drug-likeness (QED) is 0.828. The maximum atomic E-state index is 12.5. The Bertz CT molecular complexity index is 456. The Balaban J connectivity index is 2.21. The highest BCUT2D eigenvalue weighted by molar-refractivity contribution is 5.94. The first-order chi connectivity index (χ1) is 8.49. The summed E-state index contributed by atoms with van der Waals surface area (Å²) in [7, 11) is 0. The largest absolute Gasteiger partial charge is 0.508 e. The molecule has 1 aromatic carbocycles. The van der Waals surface area contributed by atoms with E-state index < -0.39 is 0 Å². The number of phenols is 1. The van der Waals surface area contributed by atoms with E-state index in [1.807, 2.05) is 11.8 Å². The molecule has 1 aliphatic heterocycles. The van der Waals surface area contributed by atoms with Gasteiger partial charge in [-0.15, -0.1) is 0 Å². The van der Waals surface area contributed by atoms with Crippen LogP contribution in [0.15, 0.2) is 18.2 Å². The van der Waals surface area contributed by atoms with Gasteiger partial charge in [-0.2, -0.15) is 0 Å². The van der Waals surface area contributed by atoms with Gasteiger partial charge in [0, 0.05) is 18.2 Å². The smallest absolute Gasteiger partial charge is 0.254 e. The van der Waals surface area contributed by atoms with Gasteiger partial charge in [-0.05, 0) is 56.4 Å². The van der Waals surface area contributed by atoms with E-state index in [9.17, 15) is 9.90 Å². The lowest BCUT2D eigenvalue weighted by Gasteiger charge is -2.37. The van der Waals surface area contributed by atoms with E-state index in [0.717, 1.165) is 18.5 Å². The van der Waals surface area contributed by atoms with Crippen LogP contribution >= 0.6 is 0 Å². The molecule has 1 saturated heterocycles. The second kappa shape index (κ2) is 5.01. The van der Waals surface area contributed by atoms with Gasteiger partial charge in [-0.25, -0.2) is 0 Å². The minimum absolute atomic E-state index is 0.0807. The molecule has 2 rings (SSSR count). The van der Waals surface area contributed by atoms with E-state index in [1.165, 1.54) is 6.42 Å². The summed E-state index contributed by atoms with van der Waals surface area (Å²) < 4.78 is 0. The summed E-state index contributed by atoms with van der Waals surface area (Å²) in [6, 6.07) is 5.38. The molecule has 0 bridgehead atoms. The minimum Gasteiger partial charge on any atom is -0.508 e. The molecule has 0 saturated carbocycles. The number of benzene rings is 1. The fraction of sp³-hybridized carbons (Fsp3) is 0.533. The number of rotatable bonds is 1. The van der Waals surface area contributed by atoms with Crippen LogP contribution in [0.25, 0.3) is 0 Å². The molecule has 2 unspecified atom stereocenters. The summed E-state index contributed by atoms with van der Waals surface area (Å²) in [6.07, 6.45) is 2.27. The standard InChI is InChI=1S/C15H21NO2/c1-10-4-5-12(3)16(9-10)15(18)13-6-7-14(17)11(2)8-13/h6-8,10,12,17H,4-5,9H2,1-3H3. The van der Waals surface area contributed by atoms with E-state index >= 15 is 0 Å². The van der Waals surface area contributed by atoms with Gasteiger partial charge in [-0.3, -0.25) is 4.79 Å². The third-order valence-corrected chi connectivity index (χ3v) is 3.82. The molecule has 1 amide bonds. The predicted molar refractivity (Wildman–Crippen MR) is 71.7 cm³/mol. The van der Waals surface area contributed by atoms with Crippen LogP contribution in [-0.2, 0) is 0 Å². The molecule has 1 fully saturated rings. The van der Waals surface area contributed by atoms with Gasteiger partial charge in [-0.1, -0.05) is 6.92 Å². The molecule has 98 valence electrons. The molecule has 18 heavy (non-hydrogen) atoms. The third kappa shape index (κ3) is 2.50. The van der Waals surface area contributed by atoms with Crippen LogP contribution in [-0.4, -0.2) is 28.5 Å². The number of piperidine rings is 1. The third-order valence-electron chi connectivity index (χ3n) is 3.82. The zero-order valence-corrected chi connectivity index (χ0v) is 11.3. The molecule has 1 aliphatic rings. The minimum atomic E-state index is 0.0807. The van der Waals surface area contributed by atoms with Crippen molar-refractivity contribution in [2.75, 3.05) is 6.54 Å². The zero-order chi connectivity index (χ0) is 13.3. The van der Waals surface area contributed by atoms with Gasteiger partial charge < -0.3 is 10.0 Å². The number of likely N-dealkylation sites (tertiary alicyclic amines) is 1. The Morgan fingerprint density at radius 2 is 2.06 bits per heavy atom. The fourth-order valence-corrected chi connectivity index (χ4v) is 2.53. The van der Waals surface area contributed by atoms with Gasteiger partial charge in [0.05, 0.1) is 0 Å². The number of amides is 1. The average molecular weight is 247 g/mol. The zero-order valence-electron chi connectivity index (χ0n) is 11.3. The Hall–Kier alpha value is -1.51. The molecular formula is C15H21NO2. The SMILES string of the molecule is Cc1cc(C(=O)N2CC(C)CCC2C)ccc1O. The predicted octanol–water partition coefficient (Wildman–Crippen LogP) is 2.96. The van der Waals surface area contributed by atoms with Gasteiger partial charge >= 0.3 is 0 Å². The first-order valence-corrected chi connectivity index (χ1v) is 6.59. The number of hydrogen-bond donors (Lipinski definition) is 1. The van der Waals surface area contributed by atoms with Gasteiger partial charge in [0.1, 0.15) is 5.75 Å². The summed E-state index contributed by atoms with van der Waals surface area (Å²) in [6.45, 7) is 6.94. The summed E-state index contributed by atoms with van der Waals surface area (Å²) in [5.74, 6) is 0.895. The summed E-state index contributed by atoms with van der Waals surface area (Å²) in [5, 5.41) is 9.50. The summed E-state index contributed by atoms with van der Waals surface area (Å²) in [4.78, 5) is 14.4. The molecule has 3 nitrogen and oxygen atoms in total. The lowest BCUT2D eigenvalue weighted by Crippen LogP contribution is -2.44. The molecule has 2 atom stereocenters. The molecule has 1 aromatic rings. The number of aromatic hydroxyl groups is 1. The molecule has 0 radical (unpaired) electrons.